The number of rotatable bonds is 6. The van der Waals surface area contributed by atoms with E-state index in [1.54, 1.807) is 12.1 Å². The van der Waals surface area contributed by atoms with Crippen molar-refractivity contribution in [2.24, 2.45) is 5.73 Å². The van der Waals surface area contributed by atoms with Crippen LogP contribution in [0.3, 0.4) is 0 Å². The third-order valence-corrected chi connectivity index (χ3v) is 3.35. The van der Waals surface area contributed by atoms with E-state index in [1.807, 2.05) is 6.07 Å². The first-order chi connectivity index (χ1) is 8.10. The van der Waals surface area contributed by atoms with E-state index in [4.69, 9.17) is 5.73 Å². The molecule has 0 aliphatic heterocycles. The Morgan fingerprint density at radius 3 is 2.65 bits per heavy atom. The maximum atomic E-state index is 13.2. The van der Waals surface area contributed by atoms with E-state index in [0.29, 0.717) is 12.6 Å². The molecule has 2 N–H and O–H groups in total. The van der Waals surface area contributed by atoms with Crippen LogP contribution in [0.15, 0.2) is 24.3 Å². The second-order valence-corrected chi connectivity index (χ2v) is 4.61. The van der Waals surface area contributed by atoms with Crippen molar-refractivity contribution < 1.29 is 4.39 Å². The molecule has 0 fully saturated rings. The Morgan fingerprint density at radius 1 is 1.41 bits per heavy atom. The summed E-state index contributed by atoms with van der Waals surface area (Å²) in [5.41, 5.74) is 6.78. The van der Waals surface area contributed by atoms with Crippen molar-refractivity contribution in [3.05, 3.63) is 35.6 Å². The fraction of sp³-hybridized carbons (Fsp3) is 0.571. The summed E-state index contributed by atoms with van der Waals surface area (Å²) in [5.74, 6) is -0.197. The molecule has 1 rings (SSSR count). The summed E-state index contributed by atoms with van der Waals surface area (Å²) in [6.07, 6.45) is 2.27. The molecule has 17 heavy (non-hydrogen) atoms. The van der Waals surface area contributed by atoms with Gasteiger partial charge in [0.1, 0.15) is 5.82 Å². The molecule has 96 valence electrons. The minimum absolute atomic E-state index is 0.0900. The van der Waals surface area contributed by atoms with E-state index < -0.39 is 0 Å². The predicted molar refractivity (Wildman–Crippen MR) is 70.3 cm³/mol. The fourth-order valence-electron chi connectivity index (χ4n) is 2.18. The van der Waals surface area contributed by atoms with Gasteiger partial charge in [-0.2, -0.15) is 0 Å². The van der Waals surface area contributed by atoms with Crippen LogP contribution < -0.4 is 5.73 Å². The lowest BCUT2D eigenvalue weighted by Gasteiger charge is -2.32. The zero-order valence-corrected chi connectivity index (χ0v) is 11.0. The second kappa shape index (κ2) is 6.72. The van der Waals surface area contributed by atoms with Crippen molar-refractivity contribution in [3.63, 3.8) is 0 Å². The van der Waals surface area contributed by atoms with E-state index in [1.165, 1.54) is 6.07 Å². The topological polar surface area (TPSA) is 29.3 Å². The van der Waals surface area contributed by atoms with Crippen LogP contribution in [0.4, 0.5) is 4.39 Å². The van der Waals surface area contributed by atoms with Crippen molar-refractivity contribution >= 4 is 0 Å². The molecule has 0 amide bonds. The van der Waals surface area contributed by atoms with E-state index in [2.05, 4.69) is 25.8 Å². The molecule has 2 unspecified atom stereocenters. The summed E-state index contributed by atoms with van der Waals surface area (Å²) in [5, 5.41) is 0. The van der Waals surface area contributed by atoms with E-state index in [0.717, 1.165) is 18.4 Å². The quantitative estimate of drug-likeness (QED) is 0.825. The van der Waals surface area contributed by atoms with Crippen LogP contribution in [0.1, 0.15) is 38.3 Å². The van der Waals surface area contributed by atoms with Gasteiger partial charge in [-0.25, -0.2) is 4.39 Å². The third kappa shape index (κ3) is 3.79. The monoisotopic (exact) mass is 238 g/mol. The molecule has 2 atom stereocenters. The fourth-order valence-corrected chi connectivity index (χ4v) is 2.18. The van der Waals surface area contributed by atoms with Gasteiger partial charge in [-0.05, 0) is 38.1 Å². The van der Waals surface area contributed by atoms with E-state index in [-0.39, 0.29) is 11.9 Å². The van der Waals surface area contributed by atoms with Crippen LogP contribution in [0.2, 0.25) is 0 Å². The number of halogens is 1. The summed E-state index contributed by atoms with van der Waals surface area (Å²) in [4.78, 5) is 2.23. The standard InChI is InChI=1S/C14H23FN2/c1-4-6-11(2)17(3)14(10-16)12-7-5-8-13(15)9-12/h5,7-9,11,14H,4,6,10,16H2,1-3H3. The first-order valence-electron chi connectivity index (χ1n) is 6.27. The molecule has 1 aromatic carbocycles. The summed E-state index contributed by atoms with van der Waals surface area (Å²) in [6.45, 7) is 4.86. The Kier molecular flexibility index (Phi) is 5.59. The van der Waals surface area contributed by atoms with Gasteiger partial charge in [-0.3, -0.25) is 4.90 Å². The highest BCUT2D eigenvalue weighted by atomic mass is 19.1. The van der Waals surface area contributed by atoms with Crippen molar-refractivity contribution in [2.75, 3.05) is 13.6 Å². The predicted octanol–water partition coefficient (Wildman–Crippen LogP) is 2.95. The summed E-state index contributed by atoms with van der Waals surface area (Å²) in [6, 6.07) is 7.27. The van der Waals surface area contributed by atoms with Gasteiger partial charge in [0, 0.05) is 18.6 Å². The first kappa shape index (κ1) is 14.1. The molecule has 0 saturated heterocycles. The van der Waals surface area contributed by atoms with Crippen LogP contribution in [0.25, 0.3) is 0 Å². The number of hydrogen-bond donors (Lipinski definition) is 1. The molecular formula is C14H23FN2. The second-order valence-electron chi connectivity index (χ2n) is 4.61. The number of nitrogens with two attached hydrogens (primary N) is 1. The smallest absolute Gasteiger partial charge is 0.123 e. The van der Waals surface area contributed by atoms with Crippen LogP contribution in [0, 0.1) is 5.82 Å². The maximum absolute atomic E-state index is 13.2. The van der Waals surface area contributed by atoms with Gasteiger partial charge in [0.25, 0.3) is 0 Å². The highest BCUT2D eigenvalue weighted by Crippen LogP contribution is 2.22. The van der Waals surface area contributed by atoms with Gasteiger partial charge in [0.05, 0.1) is 0 Å². The lowest BCUT2D eigenvalue weighted by molar-refractivity contribution is 0.179. The van der Waals surface area contributed by atoms with E-state index >= 15 is 0 Å². The van der Waals surface area contributed by atoms with Crippen LogP contribution in [-0.4, -0.2) is 24.5 Å². The van der Waals surface area contributed by atoms with Gasteiger partial charge >= 0.3 is 0 Å². The van der Waals surface area contributed by atoms with Gasteiger partial charge in [-0.1, -0.05) is 25.5 Å². The van der Waals surface area contributed by atoms with Crippen molar-refractivity contribution in [1.29, 1.82) is 0 Å². The molecule has 1 aromatic rings. The lowest BCUT2D eigenvalue weighted by Crippen LogP contribution is -2.37. The molecule has 0 bridgehead atoms. The Labute approximate surface area is 104 Å². The van der Waals surface area contributed by atoms with Crippen molar-refractivity contribution in [2.45, 2.75) is 38.8 Å². The minimum atomic E-state index is -0.197. The normalized spacial score (nSPS) is 14.9. The molecule has 0 aromatic heterocycles. The zero-order valence-electron chi connectivity index (χ0n) is 11.0. The van der Waals surface area contributed by atoms with Gasteiger partial charge in [-0.15, -0.1) is 0 Å². The Morgan fingerprint density at radius 2 is 2.12 bits per heavy atom. The largest absolute Gasteiger partial charge is 0.329 e. The molecule has 0 spiro atoms. The van der Waals surface area contributed by atoms with Crippen LogP contribution in [-0.2, 0) is 0 Å². The Balaban J connectivity index is 2.83. The highest BCUT2D eigenvalue weighted by molar-refractivity contribution is 5.20. The average Bonchev–Trinajstić information content (AvgIpc) is 2.30. The van der Waals surface area contributed by atoms with Crippen molar-refractivity contribution in [3.8, 4) is 0 Å². The average molecular weight is 238 g/mol. The molecule has 2 nitrogen and oxygen atoms in total. The first-order valence-corrected chi connectivity index (χ1v) is 6.27. The van der Waals surface area contributed by atoms with Gasteiger partial charge in [0.2, 0.25) is 0 Å². The Hall–Kier alpha value is -0.930. The molecule has 0 aliphatic carbocycles. The summed E-state index contributed by atoms with van der Waals surface area (Å²) >= 11 is 0. The van der Waals surface area contributed by atoms with Crippen LogP contribution >= 0.6 is 0 Å². The number of hydrogen-bond acceptors (Lipinski definition) is 2. The Bertz CT molecular complexity index is 341. The molecule has 3 heteroatoms. The summed E-state index contributed by atoms with van der Waals surface area (Å²) < 4.78 is 13.2. The third-order valence-electron chi connectivity index (χ3n) is 3.35. The van der Waals surface area contributed by atoms with Crippen molar-refractivity contribution in [1.82, 2.24) is 4.90 Å². The maximum Gasteiger partial charge on any atom is 0.123 e. The SMILES string of the molecule is CCCC(C)N(C)C(CN)c1cccc(F)c1. The summed E-state index contributed by atoms with van der Waals surface area (Å²) in [7, 11) is 2.06. The van der Waals surface area contributed by atoms with Gasteiger partial charge in [0.15, 0.2) is 0 Å². The van der Waals surface area contributed by atoms with Gasteiger partial charge < -0.3 is 5.73 Å². The number of benzene rings is 1. The van der Waals surface area contributed by atoms with E-state index in [9.17, 15) is 4.39 Å². The minimum Gasteiger partial charge on any atom is -0.329 e. The highest BCUT2D eigenvalue weighted by Gasteiger charge is 2.19. The molecule has 0 saturated carbocycles. The molecular weight excluding hydrogens is 215 g/mol. The van der Waals surface area contributed by atoms with Crippen LogP contribution in [0.5, 0.6) is 0 Å². The molecule has 0 radical (unpaired) electrons. The zero-order chi connectivity index (χ0) is 12.8. The molecule has 0 heterocycles. The lowest BCUT2D eigenvalue weighted by atomic mass is 10.0. The number of likely N-dealkylation sites (N-methyl/N-ethyl adjacent to an activating group) is 1. The molecule has 0 aliphatic rings. The number of nitrogens with zero attached hydrogens (tertiary/aromatic N) is 1.